The van der Waals surface area contributed by atoms with Crippen LogP contribution in [0.15, 0.2) is 66.9 Å². The first-order chi connectivity index (χ1) is 12.6. The molecule has 0 saturated heterocycles. The van der Waals surface area contributed by atoms with Gasteiger partial charge in [-0.1, -0.05) is 29.8 Å². The Hall–Kier alpha value is -3.05. The SMILES string of the molecule is COc1ccc(NC(=O)c2ccc(N(C)c3ccccc3)nc2)cc1Cl. The lowest BCUT2D eigenvalue weighted by Crippen LogP contribution is -2.14. The average molecular weight is 368 g/mol. The number of nitrogens with zero attached hydrogens (tertiary/aromatic N) is 2. The van der Waals surface area contributed by atoms with Crippen molar-refractivity contribution in [3.05, 3.63) is 77.4 Å². The maximum Gasteiger partial charge on any atom is 0.257 e. The Morgan fingerprint density at radius 1 is 1.12 bits per heavy atom. The van der Waals surface area contributed by atoms with Crippen LogP contribution in [0.2, 0.25) is 5.02 Å². The summed E-state index contributed by atoms with van der Waals surface area (Å²) < 4.78 is 5.10. The third-order valence-corrected chi connectivity index (χ3v) is 4.20. The van der Waals surface area contributed by atoms with Gasteiger partial charge in [-0.2, -0.15) is 0 Å². The van der Waals surface area contributed by atoms with Gasteiger partial charge in [0.2, 0.25) is 0 Å². The molecule has 2 aromatic carbocycles. The minimum absolute atomic E-state index is 0.257. The largest absolute Gasteiger partial charge is 0.495 e. The highest BCUT2D eigenvalue weighted by Crippen LogP contribution is 2.27. The van der Waals surface area contributed by atoms with E-state index in [1.807, 2.05) is 48.3 Å². The van der Waals surface area contributed by atoms with E-state index in [-0.39, 0.29) is 5.91 Å². The van der Waals surface area contributed by atoms with Gasteiger partial charge < -0.3 is 15.0 Å². The summed E-state index contributed by atoms with van der Waals surface area (Å²) in [5.74, 6) is 1.05. The number of anilines is 3. The van der Waals surface area contributed by atoms with Crippen LogP contribution in [-0.4, -0.2) is 25.0 Å². The van der Waals surface area contributed by atoms with Gasteiger partial charge in [0.25, 0.3) is 5.91 Å². The molecular formula is C20H18ClN3O2. The molecule has 0 spiro atoms. The lowest BCUT2D eigenvalue weighted by molar-refractivity contribution is 0.102. The van der Waals surface area contributed by atoms with E-state index in [0.29, 0.717) is 22.0 Å². The highest BCUT2D eigenvalue weighted by molar-refractivity contribution is 6.32. The first kappa shape index (κ1) is 17.8. The van der Waals surface area contributed by atoms with E-state index in [1.54, 1.807) is 37.6 Å². The Labute approximate surface area is 157 Å². The van der Waals surface area contributed by atoms with Crippen molar-refractivity contribution >= 4 is 34.7 Å². The fourth-order valence-corrected chi connectivity index (χ4v) is 2.71. The van der Waals surface area contributed by atoms with Gasteiger partial charge >= 0.3 is 0 Å². The van der Waals surface area contributed by atoms with E-state index >= 15 is 0 Å². The molecule has 0 aliphatic rings. The molecule has 0 saturated carbocycles. The molecule has 1 amide bonds. The molecule has 3 aromatic rings. The van der Waals surface area contributed by atoms with E-state index in [9.17, 15) is 4.79 Å². The molecule has 0 radical (unpaired) electrons. The second-order valence-electron chi connectivity index (χ2n) is 5.60. The standard InChI is InChI=1S/C20H18ClN3O2/c1-24(16-6-4-3-5-7-16)19-11-8-14(13-22-19)20(25)23-15-9-10-18(26-2)17(21)12-15/h3-13H,1-2H3,(H,23,25). The summed E-state index contributed by atoms with van der Waals surface area (Å²) in [6.45, 7) is 0. The van der Waals surface area contributed by atoms with Crippen LogP contribution in [0.3, 0.4) is 0 Å². The molecule has 0 fully saturated rings. The maximum absolute atomic E-state index is 12.4. The number of aromatic nitrogens is 1. The number of benzene rings is 2. The van der Waals surface area contributed by atoms with Crippen molar-refractivity contribution in [1.82, 2.24) is 4.98 Å². The number of ether oxygens (including phenoxy) is 1. The summed E-state index contributed by atoms with van der Waals surface area (Å²) in [6, 6.07) is 18.5. The Morgan fingerprint density at radius 3 is 2.50 bits per heavy atom. The quantitative estimate of drug-likeness (QED) is 0.706. The molecule has 1 aromatic heterocycles. The number of carbonyl (C=O) groups excluding carboxylic acids is 1. The summed E-state index contributed by atoms with van der Waals surface area (Å²) in [5, 5.41) is 3.23. The van der Waals surface area contributed by atoms with E-state index in [1.165, 1.54) is 0 Å². The van der Waals surface area contributed by atoms with Crippen LogP contribution in [0.25, 0.3) is 0 Å². The van der Waals surface area contributed by atoms with E-state index < -0.39 is 0 Å². The summed E-state index contributed by atoms with van der Waals surface area (Å²) in [5.41, 5.74) is 2.07. The van der Waals surface area contributed by atoms with Gasteiger partial charge in [-0.05, 0) is 42.5 Å². The molecule has 26 heavy (non-hydrogen) atoms. The molecule has 0 bridgehead atoms. The molecule has 0 unspecified atom stereocenters. The van der Waals surface area contributed by atoms with Crippen molar-refractivity contribution in [2.75, 3.05) is 24.4 Å². The number of carbonyl (C=O) groups is 1. The molecule has 3 rings (SSSR count). The number of methoxy groups -OCH3 is 1. The lowest BCUT2D eigenvalue weighted by Gasteiger charge is -2.18. The molecule has 1 heterocycles. The van der Waals surface area contributed by atoms with Gasteiger partial charge in [-0.15, -0.1) is 0 Å². The molecule has 132 valence electrons. The highest BCUT2D eigenvalue weighted by Gasteiger charge is 2.10. The average Bonchev–Trinajstić information content (AvgIpc) is 2.68. The van der Waals surface area contributed by atoms with Gasteiger partial charge in [-0.25, -0.2) is 4.98 Å². The van der Waals surface area contributed by atoms with Gasteiger partial charge in [0, 0.05) is 24.6 Å². The minimum Gasteiger partial charge on any atom is -0.495 e. The molecular weight excluding hydrogens is 350 g/mol. The molecule has 0 aliphatic heterocycles. The fourth-order valence-electron chi connectivity index (χ4n) is 2.45. The fraction of sp³-hybridized carbons (Fsp3) is 0.100. The number of para-hydroxylation sites is 1. The monoisotopic (exact) mass is 367 g/mol. The number of pyridine rings is 1. The second kappa shape index (κ2) is 7.89. The van der Waals surface area contributed by atoms with E-state index in [2.05, 4.69) is 10.3 Å². The van der Waals surface area contributed by atoms with Crippen molar-refractivity contribution in [1.29, 1.82) is 0 Å². The smallest absolute Gasteiger partial charge is 0.257 e. The molecule has 6 heteroatoms. The second-order valence-corrected chi connectivity index (χ2v) is 6.01. The van der Waals surface area contributed by atoms with Gasteiger partial charge in [0.05, 0.1) is 17.7 Å². The van der Waals surface area contributed by atoms with Crippen molar-refractivity contribution in [2.24, 2.45) is 0 Å². The Balaban J connectivity index is 1.72. The predicted octanol–water partition coefficient (Wildman–Crippen LogP) is 4.76. The summed E-state index contributed by atoms with van der Waals surface area (Å²) >= 11 is 6.08. The third-order valence-electron chi connectivity index (χ3n) is 3.91. The number of amides is 1. The Kier molecular flexibility index (Phi) is 5.39. The van der Waals surface area contributed by atoms with Crippen LogP contribution in [-0.2, 0) is 0 Å². The lowest BCUT2D eigenvalue weighted by atomic mass is 10.2. The van der Waals surface area contributed by atoms with Crippen LogP contribution in [0, 0.1) is 0 Å². The normalized spacial score (nSPS) is 10.3. The molecule has 1 N–H and O–H groups in total. The summed E-state index contributed by atoms with van der Waals surface area (Å²) in [6.07, 6.45) is 1.55. The zero-order valence-corrected chi connectivity index (χ0v) is 15.2. The summed E-state index contributed by atoms with van der Waals surface area (Å²) in [7, 11) is 3.47. The predicted molar refractivity (Wildman–Crippen MR) is 105 cm³/mol. The first-order valence-electron chi connectivity index (χ1n) is 7.98. The molecule has 0 aliphatic carbocycles. The summed E-state index contributed by atoms with van der Waals surface area (Å²) in [4.78, 5) is 18.7. The van der Waals surface area contributed by atoms with Crippen LogP contribution in [0.4, 0.5) is 17.2 Å². The van der Waals surface area contributed by atoms with Crippen LogP contribution < -0.4 is 15.0 Å². The minimum atomic E-state index is -0.257. The van der Waals surface area contributed by atoms with E-state index in [4.69, 9.17) is 16.3 Å². The van der Waals surface area contributed by atoms with Crippen molar-refractivity contribution in [2.45, 2.75) is 0 Å². The Bertz CT molecular complexity index is 899. The van der Waals surface area contributed by atoms with Crippen molar-refractivity contribution < 1.29 is 9.53 Å². The zero-order chi connectivity index (χ0) is 18.5. The van der Waals surface area contributed by atoms with Crippen LogP contribution in [0.5, 0.6) is 5.75 Å². The van der Waals surface area contributed by atoms with Crippen LogP contribution in [0.1, 0.15) is 10.4 Å². The van der Waals surface area contributed by atoms with Gasteiger partial charge in [-0.3, -0.25) is 4.79 Å². The molecule has 0 atom stereocenters. The van der Waals surface area contributed by atoms with Gasteiger partial charge in [0.15, 0.2) is 0 Å². The zero-order valence-electron chi connectivity index (χ0n) is 14.4. The number of halogens is 1. The third kappa shape index (κ3) is 3.95. The van der Waals surface area contributed by atoms with Gasteiger partial charge in [0.1, 0.15) is 11.6 Å². The number of hydrogen-bond acceptors (Lipinski definition) is 4. The van der Waals surface area contributed by atoms with Crippen LogP contribution >= 0.6 is 11.6 Å². The van der Waals surface area contributed by atoms with Crippen molar-refractivity contribution in [3.63, 3.8) is 0 Å². The first-order valence-corrected chi connectivity index (χ1v) is 8.36. The number of rotatable bonds is 5. The topological polar surface area (TPSA) is 54.5 Å². The number of hydrogen-bond donors (Lipinski definition) is 1. The molecule has 5 nitrogen and oxygen atoms in total. The maximum atomic E-state index is 12.4. The highest BCUT2D eigenvalue weighted by atomic mass is 35.5. The number of nitrogens with one attached hydrogen (secondary N) is 1. The Morgan fingerprint density at radius 2 is 1.88 bits per heavy atom. The van der Waals surface area contributed by atoms with Crippen molar-refractivity contribution in [3.8, 4) is 5.75 Å². The van der Waals surface area contributed by atoms with E-state index in [0.717, 1.165) is 11.5 Å².